The van der Waals surface area contributed by atoms with Gasteiger partial charge in [-0.1, -0.05) is 0 Å². The Balaban J connectivity index is 1.32. The lowest BCUT2D eigenvalue weighted by atomic mass is 10.1. The zero-order valence-corrected chi connectivity index (χ0v) is 16.5. The Labute approximate surface area is 178 Å². The molecule has 0 spiro atoms. The van der Waals surface area contributed by atoms with E-state index in [-0.39, 0.29) is 29.5 Å². The first-order valence-corrected chi connectivity index (χ1v) is 10.1. The van der Waals surface area contributed by atoms with Crippen molar-refractivity contribution in [1.29, 1.82) is 5.26 Å². The van der Waals surface area contributed by atoms with E-state index in [9.17, 15) is 14.4 Å². The quantitative estimate of drug-likeness (QED) is 0.551. The van der Waals surface area contributed by atoms with E-state index in [0.717, 1.165) is 36.3 Å². The first-order chi connectivity index (χ1) is 15.1. The predicted molar refractivity (Wildman–Crippen MR) is 112 cm³/mol. The molecular formula is C22H20FN7O. The molecule has 3 N–H and O–H groups in total. The Bertz CT molecular complexity index is 1150. The number of rotatable bonds is 5. The summed E-state index contributed by atoms with van der Waals surface area (Å²) in [5.74, 6) is -0.117. The lowest BCUT2D eigenvalue weighted by Gasteiger charge is -2.29. The highest BCUT2D eigenvalue weighted by molar-refractivity contribution is 5.94. The Morgan fingerprint density at radius 2 is 2.10 bits per heavy atom. The second kappa shape index (κ2) is 7.72. The Hall–Kier alpha value is -3.93. The number of pyridine rings is 1. The number of benzene rings is 1. The molecule has 3 heterocycles. The minimum Gasteiger partial charge on any atom is -0.355 e. The van der Waals surface area contributed by atoms with E-state index in [1.165, 1.54) is 12.1 Å². The number of H-pyrrole nitrogens is 1. The molecule has 2 bridgehead atoms. The average Bonchev–Trinajstić information content (AvgIpc) is 3.51. The highest BCUT2D eigenvalue weighted by Gasteiger charge is 2.45. The molecule has 1 aromatic carbocycles. The number of hydrogen-bond donors (Lipinski definition) is 3. The smallest absolute Gasteiger partial charge is 0.272 e. The molecule has 2 aromatic heterocycles. The second-order valence-electron chi connectivity index (χ2n) is 7.96. The van der Waals surface area contributed by atoms with Crippen molar-refractivity contribution in [2.24, 2.45) is 5.92 Å². The van der Waals surface area contributed by atoms with E-state index >= 15 is 0 Å². The van der Waals surface area contributed by atoms with Crippen LogP contribution in [0.1, 0.15) is 23.3 Å². The third-order valence-corrected chi connectivity index (χ3v) is 5.97. The van der Waals surface area contributed by atoms with Gasteiger partial charge < -0.3 is 15.5 Å². The van der Waals surface area contributed by atoms with Crippen LogP contribution < -0.4 is 10.6 Å². The molecule has 8 nitrogen and oxygen atoms in total. The summed E-state index contributed by atoms with van der Waals surface area (Å²) in [5, 5.41) is 22.6. The molecule has 2 aliphatic rings. The van der Waals surface area contributed by atoms with Crippen LogP contribution in [0.15, 0.2) is 48.8 Å². The maximum Gasteiger partial charge on any atom is 0.272 e. The number of nitrogens with one attached hydrogen (secondary N) is 3. The number of aromatic nitrogens is 3. The summed E-state index contributed by atoms with van der Waals surface area (Å²) in [6.07, 6.45) is 7.37. The molecule has 2 fully saturated rings. The monoisotopic (exact) mass is 417 g/mol. The van der Waals surface area contributed by atoms with Gasteiger partial charge in [0.2, 0.25) is 0 Å². The number of nitrogens with zero attached hydrogens (tertiary/aromatic N) is 4. The zero-order valence-electron chi connectivity index (χ0n) is 16.5. The third-order valence-electron chi connectivity index (χ3n) is 5.97. The van der Waals surface area contributed by atoms with Crippen LogP contribution in [0.5, 0.6) is 0 Å². The van der Waals surface area contributed by atoms with E-state index in [1.807, 2.05) is 0 Å². The molecule has 3 atom stereocenters. The van der Waals surface area contributed by atoms with Crippen molar-refractivity contribution in [2.75, 3.05) is 11.9 Å². The van der Waals surface area contributed by atoms with Gasteiger partial charge >= 0.3 is 0 Å². The van der Waals surface area contributed by atoms with Gasteiger partial charge in [0.05, 0.1) is 23.5 Å². The largest absolute Gasteiger partial charge is 0.355 e. The molecule has 3 aromatic rings. The summed E-state index contributed by atoms with van der Waals surface area (Å²) in [7, 11) is 0. The van der Waals surface area contributed by atoms with E-state index in [0.29, 0.717) is 11.6 Å². The van der Waals surface area contributed by atoms with Crippen LogP contribution in [0.25, 0.3) is 11.3 Å². The molecule has 1 saturated heterocycles. The van der Waals surface area contributed by atoms with Gasteiger partial charge in [-0.05, 0) is 55.2 Å². The van der Waals surface area contributed by atoms with Crippen molar-refractivity contribution in [3.8, 4) is 17.5 Å². The number of fused-ring (bicyclic) bond motifs is 2. The Morgan fingerprint density at radius 1 is 1.26 bits per heavy atom. The van der Waals surface area contributed by atoms with E-state index in [1.54, 1.807) is 41.6 Å². The lowest BCUT2D eigenvalue weighted by Crippen LogP contribution is -2.48. The molecule has 31 heavy (non-hydrogen) atoms. The van der Waals surface area contributed by atoms with Crippen molar-refractivity contribution in [2.45, 2.75) is 24.9 Å². The normalized spacial score (nSPS) is 21.7. The molecule has 1 aliphatic heterocycles. The maximum absolute atomic E-state index is 13.2. The molecule has 9 heteroatoms. The lowest BCUT2D eigenvalue weighted by molar-refractivity contribution is 0.0907. The SMILES string of the molecule is N#CN1CC2CC(NC(=O)c3cc(-c4cnccc4Nc4ccc(F)cc4)[nH]n3)C1C2. The van der Waals surface area contributed by atoms with Crippen molar-refractivity contribution < 1.29 is 9.18 Å². The highest BCUT2D eigenvalue weighted by atomic mass is 19.1. The molecular weight excluding hydrogens is 397 g/mol. The summed E-state index contributed by atoms with van der Waals surface area (Å²) in [5.41, 5.74) is 3.11. The Kier molecular flexibility index (Phi) is 4.75. The standard InChI is InChI=1S/C22H20FN7O/c23-14-1-3-15(4-2-14)26-17-5-6-25-10-16(17)18-9-20(29-28-18)22(31)27-19-7-13-8-21(19)30(11-13)12-24/h1-6,9-10,13,19,21H,7-8,11H2,(H,25,26)(H,27,31)(H,28,29). The fourth-order valence-electron chi connectivity index (χ4n) is 4.52. The van der Waals surface area contributed by atoms with Crippen LogP contribution in [-0.4, -0.2) is 44.6 Å². The summed E-state index contributed by atoms with van der Waals surface area (Å²) in [4.78, 5) is 18.7. The number of nitriles is 1. The predicted octanol–water partition coefficient (Wildman–Crippen LogP) is 3.03. The molecule has 1 amide bonds. The van der Waals surface area contributed by atoms with Gasteiger partial charge in [-0.2, -0.15) is 10.4 Å². The molecule has 5 rings (SSSR count). The number of carbonyl (C=O) groups excluding carboxylic acids is 1. The van der Waals surface area contributed by atoms with Gasteiger partial charge in [0.25, 0.3) is 5.91 Å². The van der Waals surface area contributed by atoms with Crippen molar-refractivity contribution in [1.82, 2.24) is 25.4 Å². The summed E-state index contributed by atoms with van der Waals surface area (Å²) < 4.78 is 13.2. The van der Waals surface area contributed by atoms with Gasteiger partial charge in [0.15, 0.2) is 11.9 Å². The fourth-order valence-corrected chi connectivity index (χ4v) is 4.52. The van der Waals surface area contributed by atoms with Gasteiger partial charge in [-0.25, -0.2) is 4.39 Å². The number of halogens is 1. The maximum atomic E-state index is 13.2. The van der Waals surface area contributed by atoms with Crippen LogP contribution in [0.4, 0.5) is 15.8 Å². The minimum atomic E-state index is -0.307. The minimum absolute atomic E-state index is 0.0415. The molecule has 3 unspecified atom stereocenters. The molecule has 0 radical (unpaired) electrons. The number of anilines is 2. The summed E-state index contributed by atoms with van der Waals surface area (Å²) in [6, 6.07) is 9.55. The number of likely N-dealkylation sites (tertiary alicyclic amines) is 1. The van der Waals surface area contributed by atoms with Crippen LogP contribution in [-0.2, 0) is 0 Å². The molecule has 1 aliphatic carbocycles. The zero-order chi connectivity index (χ0) is 21.4. The average molecular weight is 417 g/mol. The van der Waals surface area contributed by atoms with Gasteiger partial charge in [-0.3, -0.25) is 14.9 Å². The number of hydrogen-bond acceptors (Lipinski definition) is 6. The van der Waals surface area contributed by atoms with Crippen LogP contribution in [0.2, 0.25) is 0 Å². The molecule has 156 valence electrons. The highest BCUT2D eigenvalue weighted by Crippen LogP contribution is 2.37. The van der Waals surface area contributed by atoms with E-state index in [4.69, 9.17) is 0 Å². The second-order valence-corrected chi connectivity index (χ2v) is 7.96. The topological polar surface area (TPSA) is 110 Å². The number of carbonyl (C=O) groups is 1. The van der Waals surface area contributed by atoms with Crippen LogP contribution in [0, 0.1) is 23.2 Å². The number of aromatic amines is 1. The van der Waals surface area contributed by atoms with Crippen LogP contribution in [0.3, 0.4) is 0 Å². The number of amides is 1. The van der Waals surface area contributed by atoms with E-state index < -0.39 is 0 Å². The van der Waals surface area contributed by atoms with Crippen LogP contribution >= 0.6 is 0 Å². The van der Waals surface area contributed by atoms with Crippen molar-refractivity contribution >= 4 is 17.3 Å². The fraction of sp³-hybridized carbons (Fsp3) is 0.273. The first kappa shape index (κ1) is 19.1. The Morgan fingerprint density at radius 3 is 2.87 bits per heavy atom. The van der Waals surface area contributed by atoms with Gasteiger partial charge in [0, 0.05) is 30.2 Å². The third kappa shape index (κ3) is 3.68. The molecule has 1 saturated carbocycles. The first-order valence-electron chi connectivity index (χ1n) is 10.1. The van der Waals surface area contributed by atoms with Crippen molar-refractivity contribution in [3.63, 3.8) is 0 Å². The van der Waals surface area contributed by atoms with Crippen molar-refractivity contribution in [3.05, 3.63) is 60.3 Å². The summed E-state index contributed by atoms with van der Waals surface area (Å²) in [6.45, 7) is 0.783. The van der Waals surface area contributed by atoms with Gasteiger partial charge in [-0.15, -0.1) is 0 Å². The summed E-state index contributed by atoms with van der Waals surface area (Å²) >= 11 is 0. The number of piperidine rings is 1. The van der Waals surface area contributed by atoms with E-state index in [2.05, 4.69) is 32.0 Å². The van der Waals surface area contributed by atoms with Gasteiger partial charge in [0.1, 0.15) is 5.82 Å².